The summed E-state index contributed by atoms with van der Waals surface area (Å²) in [5.41, 5.74) is 2.99. The van der Waals surface area contributed by atoms with E-state index in [2.05, 4.69) is 19.8 Å². The van der Waals surface area contributed by atoms with Crippen LogP contribution in [0.25, 0.3) is 22.5 Å². The molecule has 0 bridgehead atoms. The highest BCUT2D eigenvalue weighted by Gasteiger charge is 2.27. The molecule has 10 nitrogen and oxygen atoms in total. The summed E-state index contributed by atoms with van der Waals surface area (Å²) >= 11 is 0. The minimum absolute atomic E-state index is 0.292. The Morgan fingerprint density at radius 1 is 0.688 bits per heavy atom. The van der Waals surface area contributed by atoms with Crippen LogP contribution in [-0.2, 0) is 17.6 Å². The lowest BCUT2D eigenvalue weighted by atomic mass is 10.00. The van der Waals surface area contributed by atoms with E-state index in [1.54, 1.807) is 6.92 Å². The van der Waals surface area contributed by atoms with Crippen LogP contribution in [0, 0.1) is 0 Å². The van der Waals surface area contributed by atoms with Crippen LogP contribution in [0.15, 0.2) is 64.2 Å². The van der Waals surface area contributed by atoms with Crippen molar-refractivity contribution in [2.24, 2.45) is 0 Å². The number of esters is 2. The summed E-state index contributed by atoms with van der Waals surface area (Å²) in [4.78, 5) is 62.8. The zero-order chi connectivity index (χ0) is 33.8. The van der Waals surface area contributed by atoms with Crippen molar-refractivity contribution in [2.75, 3.05) is 36.0 Å². The number of rotatable bonds is 8. The molecule has 48 heavy (non-hydrogen) atoms. The van der Waals surface area contributed by atoms with Crippen molar-refractivity contribution in [3.63, 3.8) is 0 Å². The molecule has 2 aliphatic heterocycles. The Bertz CT molecular complexity index is 1920. The first-order chi connectivity index (χ1) is 23.3. The van der Waals surface area contributed by atoms with E-state index in [0.717, 1.165) is 56.0 Å². The van der Waals surface area contributed by atoms with Crippen LogP contribution in [0.4, 0.5) is 11.4 Å². The predicted octanol–water partition coefficient (Wildman–Crippen LogP) is 6.21. The van der Waals surface area contributed by atoms with Crippen LogP contribution < -0.4 is 20.9 Å². The maximum absolute atomic E-state index is 13.2. The number of carbonyl (C=O) groups excluding carboxylic acids is 2. The SMILES string of the molecule is CCc1cc(C(=O)OC(=O)c2c(O)c(CC)c(-c3ccc(N4CCCCC4)cc3)[nH]c2=O)c(=O)[nH]c1-c1ccc(N2CCCCC2)cc1. The Morgan fingerprint density at radius 2 is 1.19 bits per heavy atom. The van der Waals surface area contributed by atoms with E-state index >= 15 is 0 Å². The van der Waals surface area contributed by atoms with Crippen LogP contribution >= 0.6 is 0 Å². The molecule has 0 amide bonds. The maximum Gasteiger partial charge on any atom is 0.355 e. The molecule has 3 N–H and O–H groups in total. The summed E-state index contributed by atoms with van der Waals surface area (Å²) in [5.74, 6) is -3.10. The van der Waals surface area contributed by atoms with E-state index in [9.17, 15) is 24.3 Å². The van der Waals surface area contributed by atoms with Crippen molar-refractivity contribution in [3.05, 3.63) is 97.6 Å². The molecule has 4 aromatic rings. The third kappa shape index (κ3) is 6.65. The molecule has 0 aliphatic carbocycles. The first kappa shape index (κ1) is 32.8. The lowest BCUT2D eigenvalue weighted by molar-refractivity contribution is 0.0393. The van der Waals surface area contributed by atoms with Gasteiger partial charge in [-0.05, 0) is 98.4 Å². The number of piperidine rings is 2. The molecule has 2 fully saturated rings. The highest BCUT2D eigenvalue weighted by atomic mass is 16.6. The number of anilines is 2. The van der Waals surface area contributed by atoms with E-state index in [1.165, 1.54) is 31.7 Å². The Balaban J connectivity index is 1.22. The Morgan fingerprint density at radius 3 is 1.69 bits per heavy atom. The van der Waals surface area contributed by atoms with Crippen molar-refractivity contribution in [1.29, 1.82) is 0 Å². The van der Waals surface area contributed by atoms with Crippen LogP contribution in [-0.4, -0.2) is 53.2 Å². The number of nitrogens with zero attached hydrogens (tertiary/aromatic N) is 2. The zero-order valence-corrected chi connectivity index (χ0v) is 27.6. The standard InChI is InChI=1S/C38H42N4O6/c1-3-24-23-30(35(44)39-32(24)25-11-15-27(16-12-25)41-19-7-5-8-20-41)37(46)48-38(47)31-34(43)29(4-2)33(40-36(31)45)26-13-17-28(18-14-26)42-21-9-6-10-22-42/h11-18,23H,3-10,19-22H2,1-2H3,(H,39,44)(H2,40,43,45). The quantitative estimate of drug-likeness (QED) is 0.151. The van der Waals surface area contributed by atoms with E-state index < -0.39 is 34.4 Å². The number of aromatic hydroxyl groups is 1. The summed E-state index contributed by atoms with van der Waals surface area (Å²) in [6.45, 7) is 7.71. The smallest absolute Gasteiger partial charge is 0.355 e. The van der Waals surface area contributed by atoms with Crippen molar-refractivity contribution < 1.29 is 19.4 Å². The average Bonchev–Trinajstić information content (AvgIpc) is 3.12. The number of carbonyl (C=O) groups is 2. The largest absolute Gasteiger partial charge is 0.506 e. The van der Waals surface area contributed by atoms with Gasteiger partial charge in [0, 0.05) is 43.1 Å². The highest BCUT2D eigenvalue weighted by molar-refractivity contribution is 6.04. The highest BCUT2D eigenvalue weighted by Crippen LogP contribution is 2.32. The van der Waals surface area contributed by atoms with Crippen molar-refractivity contribution in [3.8, 4) is 28.3 Å². The first-order valence-electron chi connectivity index (χ1n) is 17.0. The van der Waals surface area contributed by atoms with Gasteiger partial charge in [-0.25, -0.2) is 9.59 Å². The molecule has 0 radical (unpaired) electrons. The molecule has 0 atom stereocenters. The molecule has 2 saturated heterocycles. The summed E-state index contributed by atoms with van der Waals surface area (Å²) in [6.07, 6.45) is 7.89. The van der Waals surface area contributed by atoms with Gasteiger partial charge in [-0.15, -0.1) is 0 Å². The van der Waals surface area contributed by atoms with Crippen molar-refractivity contribution in [1.82, 2.24) is 9.97 Å². The number of hydrogen-bond acceptors (Lipinski definition) is 8. The topological polar surface area (TPSA) is 136 Å². The van der Waals surface area contributed by atoms with Crippen molar-refractivity contribution >= 4 is 23.3 Å². The molecule has 2 aromatic heterocycles. The van der Waals surface area contributed by atoms with Gasteiger partial charge in [-0.1, -0.05) is 38.1 Å². The molecular weight excluding hydrogens is 608 g/mol. The molecule has 0 saturated carbocycles. The Kier molecular flexibility index (Phi) is 9.80. The van der Waals surface area contributed by atoms with Gasteiger partial charge in [0.2, 0.25) is 0 Å². The molecule has 6 rings (SSSR count). The third-order valence-electron chi connectivity index (χ3n) is 9.51. The summed E-state index contributed by atoms with van der Waals surface area (Å²) in [7, 11) is 0. The van der Waals surface area contributed by atoms with Gasteiger partial charge in [0.05, 0.1) is 11.4 Å². The number of aromatic nitrogens is 2. The van der Waals surface area contributed by atoms with Gasteiger partial charge >= 0.3 is 11.9 Å². The molecule has 2 aromatic carbocycles. The zero-order valence-electron chi connectivity index (χ0n) is 27.6. The normalized spacial score (nSPS) is 15.0. The number of aryl methyl sites for hydroxylation is 1. The second-order valence-electron chi connectivity index (χ2n) is 12.5. The molecule has 250 valence electrons. The second kappa shape index (κ2) is 14.3. The van der Waals surface area contributed by atoms with Gasteiger partial charge in [0.25, 0.3) is 11.1 Å². The minimum atomic E-state index is -1.34. The van der Waals surface area contributed by atoms with E-state index in [-0.39, 0.29) is 5.56 Å². The molecule has 10 heteroatoms. The summed E-state index contributed by atoms with van der Waals surface area (Å²) in [6, 6.07) is 17.1. The molecule has 4 heterocycles. The average molecular weight is 651 g/mol. The number of hydrogen-bond donors (Lipinski definition) is 3. The lowest BCUT2D eigenvalue weighted by Gasteiger charge is -2.29. The van der Waals surface area contributed by atoms with Gasteiger partial charge in [-0.3, -0.25) is 9.59 Å². The third-order valence-corrected chi connectivity index (χ3v) is 9.51. The fourth-order valence-corrected chi connectivity index (χ4v) is 6.84. The molecular formula is C38H42N4O6. The molecule has 0 spiro atoms. The van der Waals surface area contributed by atoms with E-state index in [1.807, 2.05) is 55.5 Å². The second-order valence-corrected chi connectivity index (χ2v) is 12.5. The van der Waals surface area contributed by atoms with Crippen molar-refractivity contribution in [2.45, 2.75) is 65.2 Å². The monoisotopic (exact) mass is 650 g/mol. The number of benzene rings is 2. The fraction of sp³-hybridized carbons (Fsp3) is 0.368. The van der Waals surface area contributed by atoms with Crippen LogP contribution in [0.3, 0.4) is 0 Å². The number of nitrogens with one attached hydrogen (secondary N) is 2. The summed E-state index contributed by atoms with van der Waals surface area (Å²) in [5, 5.41) is 11.1. The van der Waals surface area contributed by atoms with E-state index in [0.29, 0.717) is 40.9 Å². The Hall–Kier alpha value is -5.12. The van der Waals surface area contributed by atoms with Gasteiger partial charge in [0.1, 0.15) is 11.3 Å². The van der Waals surface area contributed by atoms with Crippen LogP contribution in [0.2, 0.25) is 0 Å². The predicted molar refractivity (Wildman–Crippen MR) is 187 cm³/mol. The maximum atomic E-state index is 13.2. The fourth-order valence-electron chi connectivity index (χ4n) is 6.84. The van der Waals surface area contributed by atoms with Crippen LogP contribution in [0.5, 0.6) is 5.75 Å². The molecule has 2 aliphatic rings. The first-order valence-corrected chi connectivity index (χ1v) is 17.0. The molecule has 0 unspecified atom stereocenters. The number of ether oxygens (including phenoxy) is 1. The van der Waals surface area contributed by atoms with Gasteiger partial charge < -0.3 is 29.6 Å². The lowest BCUT2D eigenvalue weighted by Crippen LogP contribution is -2.29. The number of aromatic amines is 2. The minimum Gasteiger partial charge on any atom is -0.506 e. The van der Waals surface area contributed by atoms with Gasteiger partial charge in [-0.2, -0.15) is 0 Å². The Labute approximate surface area is 279 Å². The number of pyridine rings is 2. The van der Waals surface area contributed by atoms with Gasteiger partial charge in [0.15, 0.2) is 5.56 Å². The number of H-pyrrole nitrogens is 2. The summed E-state index contributed by atoms with van der Waals surface area (Å²) < 4.78 is 5.03. The van der Waals surface area contributed by atoms with Crippen LogP contribution in [0.1, 0.15) is 84.2 Å². The van der Waals surface area contributed by atoms with E-state index in [4.69, 9.17) is 4.74 Å².